The molecule has 2 heterocycles. The van der Waals surface area contributed by atoms with Crippen LogP contribution in [-0.4, -0.2) is 37.7 Å². The topological polar surface area (TPSA) is 84.7 Å². The number of halogens is 1. The molecule has 2 aromatic heterocycles. The number of aryl methyl sites for hydroxylation is 1. The molecule has 1 aliphatic carbocycles. The second kappa shape index (κ2) is 8.38. The van der Waals surface area contributed by atoms with Crippen LogP contribution in [-0.2, 0) is 4.79 Å². The van der Waals surface area contributed by atoms with E-state index in [1.54, 1.807) is 23.0 Å². The van der Waals surface area contributed by atoms with Crippen LogP contribution in [0.5, 0.6) is 0 Å². The van der Waals surface area contributed by atoms with Gasteiger partial charge in [-0.05, 0) is 56.9 Å². The van der Waals surface area contributed by atoms with Crippen LogP contribution in [0.2, 0.25) is 0 Å². The van der Waals surface area contributed by atoms with Crippen LogP contribution in [0.3, 0.4) is 0 Å². The lowest BCUT2D eigenvalue weighted by molar-refractivity contribution is -0.124. The zero-order chi connectivity index (χ0) is 21.3. The molecular weight excluding hydrogens is 383 g/mol. The quantitative estimate of drug-likeness (QED) is 0.669. The Hall–Kier alpha value is -3.03. The fourth-order valence-corrected chi connectivity index (χ4v) is 3.84. The molecule has 1 aliphatic rings. The van der Waals surface area contributed by atoms with E-state index in [9.17, 15) is 9.18 Å². The number of carbonyl (C=O) groups excluding carboxylic acids is 1. The summed E-state index contributed by atoms with van der Waals surface area (Å²) in [7, 11) is 0. The predicted octanol–water partition coefficient (Wildman–Crippen LogP) is 3.76. The van der Waals surface area contributed by atoms with Gasteiger partial charge in [-0.25, -0.2) is 19.0 Å². The highest BCUT2D eigenvalue weighted by Crippen LogP contribution is 2.27. The first kappa shape index (κ1) is 20.3. The molecule has 158 valence electrons. The van der Waals surface area contributed by atoms with E-state index in [-0.39, 0.29) is 29.7 Å². The van der Waals surface area contributed by atoms with Crippen molar-refractivity contribution < 1.29 is 9.18 Å². The molecule has 1 amide bonds. The van der Waals surface area contributed by atoms with Crippen LogP contribution in [0.15, 0.2) is 30.5 Å². The lowest BCUT2D eigenvalue weighted by Gasteiger charge is -2.30. The molecule has 7 nitrogen and oxygen atoms in total. The Kier molecular flexibility index (Phi) is 5.65. The fraction of sp³-hybridized carbons (Fsp3) is 0.455. The molecule has 2 N–H and O–H groups in total. The molecule has 0 saturated heterocycles. The Balaban J connectivity index is 1.50. The van der Waals surface area contributed by atoms with E-state index in [0.29, 0.717) is 11.5 Å². The van der Waals surface area contributed by atoms with Gasteiger partial charge in [-0.1, -0.05) is 13.8 Å². The summed E-state index contributed by atoms with van der Waals surface area (Å²) in [5.74, 6) is 1.25. The van der Waals surface area contributed by atoms with E-state index in [2.05, 4.69) is 25.7 Å². The summed E-state index contributed by atoms with van der Waals surface area (Å²) in [6.07, 6.45) is 5.55. The highest BCUT2D eigenvalue weighted by atomic mass is 19.1. The van der Waals surface area contributed by atoms with Crippen LogP contribution in [0.1, 0.15) is 45.4 Å². The van der Waals surface area contributed by atoms with Crippen molar-refractivity contribution in [1.29, 1.82) is 0 Å². The zero-order valence-corrected chi connectivity index (χ0v) is 17.5. The number of benzene rings is 1. The average Bonchev–Trinajstić information content (AvgIpc) is 3.14. The molecule has 0 radical (unpaired) electrons. The summed E-state index contributed by atoms with van der Waals surface area (Å²) in [5, 5.41) is 12.0. The zero-order valence-electron chi connectivity index (χ0n) is 17.5. The number of aromatic nitrogens is 4. The van der Waals surface area contributed by atoms with Crippen molar-refractivity contribution >= 4 is 22.8 Å². The van der Waals surface area contributed by atoms with Gasteiger partial charge in [0.25, 0.3) is 0 Å². The third-order valence-electron chi connectivity index (χ3n) is 5.55. The number of amides is 1. The van der Waals surface area contributed by atoms with Crippen LogP contribution >= 0.6 is 0 Å². The van der Waals surface area contributed by atoms with E-state index >= 15 is 0 Å². The van der Waals surface area contributed by atoms with Gasteiger partial charge in [0.1, 0.15) is 17.5 Å². The minimum Gasteiger partial charge on any atom is -0.367 e. The molecule has 0 atom stereocenters. The van der Waals surface area contributed by atoms with Crippen molar-refractivity contribution in [1.82, 2.24) is 25.1 Å². The molecule has 1 aromatic carbocycles. The second-order valence-electron chi connectivity index (χ2n) is 8.25. The summed E-state index contributed by atoms with van der Waals surface area (Å²) in [4.78, 5) is 21.1. The van der Waals surface area contributed by atoms with Gasteiger partial charge >= 0.3 is 0 Å². The standard InChI is InChI=1S/C22H27FN6O/c1-13(2)22(30)28-17-8-6-16(7-9-17)27-20-19-12-24-29(21(19)26-14(3)25-20)18-10-4-15(23)5-11-18/h4-5,10-13,16-17H,6-9H2,1-3H3,(H,28,30)(H,25,26,27). The minimum absolute atomic E-state index is 0.00997. The molecule has 4 rings (SSSR count). The van der Waals surface area contributed by atoms with Crippen molar-refractivity contribution in [2.45, 2.75) is 58.5 Å². The summed E-state index contributed by atoms with van der Waals surface area (Å²) in [5.41, 5.74) is 1.44. The summed E-state index contributed by atoms with van der Waals surface area (Å²) < 4.78 is 15.0. The van der Waals surface area contributed by atoms with Gasteiger partial charge in [0.05, 0.1) is 17.3 Å². The van der Waals surface area contributed by atoms with E-state index in [1.165, 1.54) is 12.1 Å². The summed E-state index contributed by atoms with van der Waals surface area (Å²) in [6.45, 7) is 5.68. The van der Waals surface area contributed by atoms with Gasteiger partial charge in [0, 0.05) is 18.0 Å². The van der Waals surface area contributed by atoms with Crippen molar-refractivity contribution in [3.05, 3.63) is 42.1 Å². The van der Waals surface area contributed by atoms with Crippen molar-refractivity contribution in [2.75, 3.05) is 5.32 Å². The Bertz CT molecular complexity index is 1040. The van der Waals surface area contributed by atoms with Crippen LogP contribution in [0.25, 0.3) is 16.7 Å². The number of hydrogen-bond donors (Lipinski definition) is 2. The van der Waals surface area contributed by atoms with Gasteiger partial charge in [-0.3, -0.25) is 4.79 Å². The first-order chi connectivity index (χ1) is 14.4. The number of hydrogen-bond acceptors (Lipinski definition) is 5. The van der Waals surface area contributed by atoms with Gasteiger partial charge < -0.3 is 10.6 Å². The minimum atomic E-state index is -0.288. The molecule has 1 saturated carbocycles. The van der Waals surface area contributed by atoms with Gasteiger partial charge in [0.2, 0.25) is 5.91 Å². The number of fused-ring (bicyclic) bond motifs is 1. The highest BCUT2D eigenvalue weighted by molar-refractivity contribution is 5.87. The third kappa shape index (κ3) is 4.27. The smallest absolute Gasteiger partial charge is 0.222 e. The molecule has 0 unspecified atom stereocenters. The average molecular weight is 410 g/mol. The normalized spacial score (nSPS) is 19.2. The Morgan fingerprint density at radius 3 is 2.43 bits per heavy atom. The van der Waals surface area contributed by atoms with Crippen molar-refractivity contribution in [3.8, 4) is 5.69 Å². The molecule has 3 aromatic rings. The molecule has 8 heteroatoms. The number of nitrogens with one attached hydrogen (secondary N) is 2. The van der Waals surface area contributed by atoms with Crippen molar-refractivity contribution in [2.24, 2.45) is 5.92 Å². The lowest BCUT2D eigenvalue weighted by atomic mass is 9.90. The predicted molar refractivity (Wildman–Crippen MR) is 114 cm³/mol. The van der Waals surface area contributed by atoms with Crippen LogP contribution in [0.4, 0.5) is 10.2 Å². The van der Waals surface area contributed by atoms with Crippen molar-refractivity contribution in [3.63, 3.8) is 0 Å². The third-order valence-corrected chi connectivity index (χ3v) is 5.55. The van der Waals surface area contributed by atoms with E-state index in [4.69, 9.17) is 0 Å². The molecule has 0 bridgehead atoms. The lowest BCUT2D eigenvalue weighted by Crippen LogP contribution is -2.41. The summed E-state index contributed by atoms with van der Waals surface area (Å²) >= 11 is 0. The Morgan fingerprint density at radius 2 is 1.77 bits per heavy atom. The maximum atomic E-state index is 13.3. The number of carbonyl (C=O) groups is 1. The highest BCUT2D eigenvalue weighted by Gasteiger charge is 2.24. The maximum absolute atomic E-state index is 13.3. The van der Waals surface area contributed by atoms with E-state index < -0.39 is 0 Å². The SMILES string of the molecule is Cc1nc(NC2CCC(NC(=O)C(C)C)CC2)c2cnn(-c3ccc(F)cc3)c2n1. The molecule has 0 aliphatic heterocycles. The maximum Gasteiger partial charge on any atom is 0.222 e. The van der Waals surface area contributed by atoms with E-state index in [0.717, 1.165) is 42.6 Å². The van der Waals surface area contributed by atoms with Gasteiger partial charge in [-0.2, -0.15) is 5.10 Å². The first-order valence-electron chi connectivity index (χ1n) is 10.5. The molecular formula is C22H27FN6O. The van der Waals surface area contributed by atoms with Crippen LogP contribution in [0, 0.1) is 18.7 Å². The number of anilines is 1. The Morgan fingerprint density at radius 1 is 1.10 bits per heavy atom. The largest absolute Gasteiger partial charge is 0.367 e. The molecule has 30 heavy (non-hydrogen) atoms. The van der Waals surface area contributed by atoms with Gasteiger partial charge in [-0.15, -0.1) is 0 Å². The summed E-state index contributed by atoms with van der Waals surface area (Å²) in [6, 6.07) is 6.70. The molecule has 0 spiro atoms. The fourth-order valence-electron chi connectivity index (χ4n) is 3.84. The number of rotatable bonds is 5. The molecule has 1 fully saturated rings. The Labute approximate surface area is 175 Å². The first-order valence-corrected chi connectivity index (χ1v) is 10.5. The monoisotopic (exact) mass is 410 g/mol. The van der Waals surface area contributed by atoms with E-state index in [1.807, 2.05) is 20.8 Å². The number of nitrogens with zero attached hydrogens (tertiary/aromatic N) is 4. The van der Waals surface area contributed by atoms with Crippen LogP contribution < -0.4 is 10.6 Å². The second-order valence-corrected chi connectivity index (χ2v) is 8.25. The van der Waals surface area contributed by atoms with Gasteiger partial charge in [0.15, 0.2) is 5.65 Å².